The van der Waals surface area contributed by atoms with Crippen molar-refractivity contribution in [1.29, 1.82) is 5.26 Å². The number of aliphatic hydroxyl groups is 1. The molecule has 0 radical (unpaired) electrons. The van der Waals surface area contributed by atoms with Crippen LogP contribution in [-0.4, -0.2) is 44.0 Å². The first-order chi connectivity index (χ1) is 9.50. The number of nitrogens with one attached hydrogen (secondary N) is 1. The summed E-state index contributed by atoms with van der Waals surface area (Å²) in [5.41, 5.74) is 5.60. The van der Waals surface area contributed by atoms with Crippen LogP contribution in [0.4, 0.5) is 11.8 Å². The first kappa shape index (κ1) is 12.6. The van der Waals surface area contributed by atoms with E-state index in [0.29, 0.717) is 29.1 Å². The van der Waals surface area contributed by atoms with Crippen LogP contribution < -0.4 is 10.6 Å². The van der Waals surface area contributed by atoms with Crippen molar-refractivity contribution in [2.45, 2.75) is 25.4 Å². The summed E-state index contributed by atoms with van der Waals surface area (Å²) in [5.74, 6) is 0.659. The third kappa shape index (κ3) is 2.02. The van der Waals surface area contributed by atoms with Gasteiger partial charge in [-0.2, -0.15) is 20.3 Å². The van der Waals surface area contributed by atoms with Gasteiger partial charge in [-0.3, -0.25) is 5.10 Å². The van der Waals surface area contributed by atoms with E-state index in [2.05, 4.69) is 20.2 Å². The number of H-pyrrole nitrogens is 1. The molecular formula is C12H15N7O. The van der Waals surface area contributed by atoms with Gasteiger partial charge in [0.05, 0.1) is 11.0 Å². The molecule has 1 saturated heterocycles. The van der Waals surface area contributed by atoms with Crippen LogP contribution in [0.25, 0.3) is 11.0 Å². The number of nitrogens with two attached hydrogens (primary N) is 1. The van der Waals surface area contributed by atoms with E-state index in [0.717, 1.165) is 19.4 Å². The van der Waals surface area contributed by atoms with Gasteiger partial charge in [0.1, 0.15) is 17.6 Å². The lowest BCUT2D eigenvalue weighted by molar-refractivity contribution is 0.0448. The molecule has 0 spiro atoms. The Balaban J connectivity index is 2.15. The molecule has 8 nitrogen and oxygen atoms in total. The fourth-order valence-electron chi connectivity index (χ4n) is 2.63. The number of hydrogen-bond donors (Lipinski definition) is 3. The molecule has 20 heavy (non-hydrogen) atoms. The van der Waals surface area contributed by atoms with Crippen LogP contribution in [0.1, 0.15) is 25.5 Å². The van der Waals surface area contributed by atoms with Crippen molar-refractivity contribution in [2.24, 2.45) is 0 Å². The number of aromatic nitrogens is 4. The van der Waals surface area contributed by atoms with E-state index in [1.54, 1.807) is 6.92 Å². The minimum Gasteiger partial charge on any atom is -0.388 e. The molecule has 4 N–H and O–H groups in total. The zero-order valence-corrected chi connectivity index (χ0v) is 11.1. The Morgan fingerprint density at radius 3 is 3.00 bits per heavy atom. The molecule has 0 amide bonds. The summed E-state index contributed by atoms with van der Waals surface area (Å²) < 4.78 is 0. The van der Waals surface area contributed by atoms with Gasteiger partial charge in [0.15, 0.2) is 5.65 Å². The maximum Gasteiger partial charge on any atom is 0.224 e. The average molecular weight is 273 g/mol. The fraction of sp³-hybridized carbons (Fsp3) is 0.500. The molecule has 2 aromatic heterocycles. The largest absolute Gasteiger partial charge is 0.388 e. The molecule has 0 saturated carbocycles. The van der Waals surface area contributed by atoms with Crippen LogP contribution in [-0.2, 0) is 0 Å². The van der Waals surface area contributed by atoms with E-state index in [1.807, 2.05) is 11.0 Å². The minimum atomic E-state index is -0.777. The first-order valence-corrected chi connectivity index (χ1v) is 6.39. The number of β-amino-alcohol motifs (C(OH)–C–C–N with tert-alkyl or cyclic N) is 1. The predicted octanol–water partition coefficient (Wildman–Crippen LogP) is 0.158. The van der Waals surface area contributed by atoms with Gasteiger partial charge in [-0.05, 0) is 19.8 Å². The van der Waals surface area contributed by atoms with Gasteiger partial charge in [0.2, 0.25) is 5.95 Å². The molecule has 0 aliphatic carbocycles. The monoisotopic (exact) mass is 273 g/mol. The second-order valence-corrected chi connectivity index (χ2v) is 5.34. The number of nitriles is 1. The van der Waals surface area contributed by atoms with Gasteiger partial charge < -0.3 is 15.7 Å². The second kappa shape index (κ2) is 4.31. The van der Waals surface area contributed by atoms with E-state index in [4.69, 9.17) is 11.0 Å². The molecule has 1 aliphatic rings. The third-order valence-electron chi connectivity index (χ3n) is 3.50. The first-order valence-electron chi connectivity index (χ1n) is 6.39. The zero-order chi connectivity index (χ0) is 14.3. The Morgan fingerprint density at radius 1 is 1.50 bits per heavy atom. The second-order valence-electron chi connectivity index (χ2n) is 5.34. The van der Waals surface area contributed by atoms with Crippen LogP contribution in [0.2, 0.25) is 0 Å². The highest BCUT2D eigenvalue weighted by atomic mass is 16.3. The summed E-state index contributed by atoms with van der Waals surface area (Å²) in [6, 6.07) is 2.04. The van der Waals surface area contributed by atoms with E-state index in [9.17, 15) is 5.11 Å². The topological polar surface area (TPSA) is 128 Å². The lowest BCUT2D eigenvalue weighted by atomic mass is 9.95. The predicted molar refractivity (Wildman–Crippen MR) is 72.9 cm³/mol. The molecule has 3 rings (SSSR count). The molecule has 8 heteroatoms. The molecule has 1 atom stereocenters. The van der Waals surface area contributed by atoms with Crippen LogP contribution >= 0.6 is 0 Å². The summed E-state index contributed by atoms with van der Waals surface area (Å²) in [6.07, 6.45) is 1.59. The van der Waals surface area contributed by atoms with Gasteiger partial charge >= 0.3 is 0 Å². The van der Waals surface area contributed by atoms with Crippen molar-refractivity contribution >= 4 is 22.8 Å². The van der Waals surface area contributed by atoms with E-state index in [1.165, 1.54) is 0 Å². The SMILES string of the molecule is CC1(O)CCCN(c2nc(N)nc3n[nH]c(C#N)c23)C1. The third-order valence-corrected chi connectivity index (χ3v) is 3.50. The molecule has 0 bridgehead atoms. The van der Waals surface area contributed by atoms with Gasteiger partial charge in [0, 0.05) is 13.1 Å². The summed E-state index contributed by atoms with van der Waals surface area (Å²) in [4.78, 5) is 10.2. The van der Waals surface area contributed by atoms with Gasteiger partial charge in [-0.1, -0.05) is 0 Å². The summed E-state index contributed by atoms with van der Waals surface area (Å²) in [6.45, 7) is 2.98. The highest BCUT2D eigenvalue weighted by Gasteiger charge is 2.31. The van der Waals surface area contributed by atoms with Crippen LogP contribution in [0.3, 0.4) is 0 Å². The number of rotatable bonds is 1. The Hall–Kier alpha value is -2.40. The van der Waals surface area contributed by atoms with E-state index in [-0.39, 0.29) is 5.95 Å². The molecule has 1 aliphatic heterocycles. The highest BCUT2D eigenvalue weighted by molar-refractivity contribution is 5.92. The molecule has 1 fully saturated rings. The number of anilines is 2. The Morgan fingerprint density at radius 2 is 2.30 bits per heavy atom. The number of nitrogen functional groups attached to an aromatic ring is 1. The number of fused-ring (bicyclic) bond motifs is 1. The van der Waals surface area contributed by atoms with E-state index >= 15 is 0 Å². The van der Waals surface area contributed by atoms with Crippen LogP contribution in [0.15, 0.2) is 0 Å². The Labute approximate surface area is 115 Å². The molecule has 2 aromatic rings. The maximum atomic E-state index is 10.2. The van der Waals surface area contributed by atoms with Gasteiger partial charge in [0.25, 0.3) is 0 Å². The van der Waals surface area contributed by atoms with Crippen molar-refractivity contribution in [1.82, 2.24) is 20.2 Å². The van der Waals surface area contributed by atoms with Gasteiger partial charge in [-0.25, -0.2) is 0 Å². The Kier molecular flexibility index (Phi) is 2.72. The lowest BCUT2D eigenvalue weighted by Gasteiger charge is -2.37. The number of aromatic amines is 1. The number of hydrogen-bond acceptors (Lipinski definition) is 7. The zero-order valence-electron chi connectivity index (χ0n) is 11.1. The average Bonchev–Trinajstić information content (AvgIpc) is 2.79. The van der Waals surface area contributed by atoms with Crippen LogP contribution in [0, 0.1) is 11.3 Å². The normalized spacial score (nSPS) is 22.9. The molecule has 104 valence electrons. The fourth-order valence-corrected chi connectivity index (χ4v) is 2.63. The molecular weight excluding hydrogens is 258 g/mol. The summed E-state index contributed by atoms with van der Waals surface area (Å²) in [5, 5.41) is 26.5. The van der Waals surface area contributed by atoms with Crippen molar-refractivity contribution in [3.63, 3.8) is 0 Å². The molecule has 0 aromatic carbocycles. The smallest absolute Gasteiger partial charge is 0.224 e. The van der Waals surface area contributed by atoms with Gasteiger partial charge in [-0.15, -0.1) is 0 Å². The van der Waals surface area contributed by atoms with Crippen molar-refractivity contribution in [3.05, 3.63) is 5.69 Å². The standard InChI is InChI=1S/C12H15N7O/c1-12(20)3-2-4-19(6-12)10-8-7(5-13)17-18-9(8)15-11(14)16-10/h20H,2-4,6H2,1H3,(H3,14,15,16,17,18). The van der Waals surface area contributed by atoms with Crippen molar-refractivity contribution < 1.29 is 5.11 Å². The number of piperidine rings is 1. The maximum absolute atomic E-state index is 10.2. The van der Waals surface area contributed by atoms with Crippen LogP contribution in [0.5, 0.6) is 0 Å². The summed E-state index contributed by atoms with van der Waals surface area (Å²) in [7, 11) is 0. The number of nitrogens with zero attached hydrogens (tertiary/aromatic N) is 5. The Bertz CT molecular complexity index is 700. The highest BCUT2D eigenvalue weighted by Crippen LogP contribution is 2.30. The quantitative estimate of drug-likeness (QED) is 0.675. The summed E-state index contributed by atoms with van der Waals surface area (Å²) >= 11 is 0. The lowest BCUT2D eigenvalue weighted by Crippen LogP contribution is -2.46. The molecule has 1 unspecified atom stereocenters. The molecule has 3 heterocycles. The van der Waals surface area contributed by atoms with Crippen molar-refractivity contribution in [2.75, 3.05) is 23.7 Å². The minimum absolute atomic E-state index is 0.105. The van der Waals surface area contributed by atoms with Crippen molar-refractivity contribution in [3.8, 4) is 6.07 Å². The van der Waals surface area contributed by atoms with E-state index < -0.39 is 5.60 Å².